The van der Waals surface area contributed by atoms with Crippen LogP contribution >= 0.6 is 22.9 Å². The van der Waals surface area contributed by atoms with E-state index in [0.717, 1.165) is 16.9 Å². The molecule has 0 unspecified atom stereocenters. The van der Waals surface area contributed by atoms with Crippen LogP contribution in [0.1, 0.15) is 5.56 Å². The highest BCUT2D eigenvalue weighted by atomic mass is 35.5. The predicted molar refractivity (Wildman–Crippen MR) is 92.6 cm³/mol. The Hall–Kier alpha value is -2.37. The number of fused-ring (bicyclic) bond motifs is 1. The molecule has 4 rings (SSSR count). The molecule has 0 aliphatic heterocycles. The van der Waals surface area contributed by atoms with Crippen LogP contribution in [0, 0.1) is 6.92 Å². The smallest absolute Gasteiger partial charge is 0.237 e. The minimum Gasteiger partial charge on any atom is -0.438 e. The molecule has 0 radical (unpaired) electrons. The second-order valence-corrected chi connectivity index (χ2v) is 6.29. The summed E-state index contributed by atoms with van der Waals surface area (Å²) in [5.41, 5.74) is 4.08. The number of thiophene rings is 1. The van der Waals surface area contributed by atoms with Crippen molar-refractivity contribution >= 4 is 28.6 Å². The van der Waals surface area contributed by atoms with Gasteiger partial charge in [-0.2, -0.15) is 11.3 Å². The van der Waals surface area contributed by atoms with Crippen molar-refractivity contribution < 1.29 is 4.74 Å². The van der Waals surface area contributed by atoms with Crippen LogP contribution in [-0.4, -0.2) is 14.6 Å². The van der Waals surface area contributed by atoms with Gasteiger partial charge in [-0.15, -0.1) is 5.10 Å². The molecule has 0 aliphatic rings. The van der Waals surface area contributed by atoms with Gasteiger partial charge < -0.3 is 4.74 Å². The first-order chi connectivity index (χ1) is 11.2. The minimum atomic E-state index is 0.492. The zero-order valence-electron chi connectivity index (χ0n) is 12.2. The molecule has 0 N–H and O–H groups in total. The number of hydrogen-bond acceptors (Lipinski definition) is 4. The van der Waals surface area contributed by atoms with Crippen molar-refractivity contribution in [1.29, 1.82) is 0 Å². The first-order valence-corrected chi connectivity index (χ1v) is 8.34. The lowest BCUT2D eigenvalue weighted by Crippen LogP contribution is -1.97. The van der Waals surface area contributed by atoms with Crippen molar-refractivity contribution in [2.45, 2.75) is 6.92 Å². The van der Waals surface area contributed by atoms with Crippen molar-refractivity contribution in [3.05, 3.63) is 63.9 Å². The fourth-order valence-electron chi connectivity index (χ4n) is 2.37. The van der Waals surface area contributed by atoms with E-state index in [0.29, 0.717) is 16.7 Å². The Morgan fingerprint density at radius 1 is 1.17 bits per heavy atom. The number of benzene rings is 1. The van der Waals surface area contributed by atoms with Crippen LogP contribution in [-0.2, 0) is 0 Å². The van der Waals surface area contributed by atoms with Gasteiger partial charge in [-0.1, -0.05) is 17.7 Å². The zero-order chi connectivity index (χ0) is 15.8. The van der Waals surface area contributed by atoms with E-state index in [9.17, 15) is 0 Å². The summed E-state index contributed by atoms with van der Waals surface area (Å²) in [6, 6.07) is 10.9. The van der Waals surface area contributed by atoms with Gasteiger partial charge in [-0.05, 0) is 42.1 Å². The normalized spacial score (nSPS) is 11.0. The summed E-state index contributed by atoms with van der Waals surface area (Å²) in [7, 11) is 0. The summed E-state index contributed by atoms with van der Waals surface area (Å²) < 4.78 is 7.60. The Kier molecular flexibility index (Phi) is 3.52. The van der Waals surface area contributed by atoms with Gasteiger partial charge in [0, 0.05) is 22.0 Å². The summed E-state index contributed by atoms with van der Waals surface area (Å²) in [6.07, 6.45) is 1.83. The summed E-state index contributed by atoms with van der Waals surface area (Å²) in [6.45, 7) is 2.08. The second kappa shape index (κ2) is 5.68. The summed E-state index contributed by atoms with van der Waals surface area (Å²) >= 11 is 7.65. The maximum absolute atomic E-state index is 5.98. The molecule has 0 aliphatic carbocycles. The van der Waals surface area contributed by atoms with Gasteiger partial charge in [0.15, 0.2) is 5.65 Å². The quantitative estimate of drug-likeness (QED) is 0.513. The second-order valence-electron chi connectivity index (χ2n) is 5.11. The van der Waals surface area contributed by atoms with Crippen LogP contribution in [0.3, 0.4) is 0 Å². The number of aryl methyl sites for hydroxylation is 1. The molecule has 0 bridgehead atoms. The van der Waals surface area contributed by atoms with Crippen LogP contribution in [0.15, 0.2) is 53.4 Å². The van der Waals surface area contributed by atoms with Crippen molar-refractivity contribution in [3.8, 4) is 22.9 Å². The molecule has 3 aromatic heterocycles. The molecule has 114 valence electrons. The van der Waals surface area contributed by atoms with Gasteiger partial charge in [0.25, 0.3) is 0 Å². The Labute approximate surface area is 141 Å². The third-order valence-corrected chi connectivity index (χ3v) is 4.58. The Morgan fingerprint density at radius 3 is 2.87 bits per heavy atom. The van der Waals surface area contributed by atoms with E-state index in [2.05, 4.69) is 27.8 Å². The van der Waals surface area contributed by atoms with Gasteiger partial charge in [-0.3, -0.25) is 0 Å². The fraction of sp³-hybridized carbons (Fsp3) is 0.0588. The third kappa shape index (κ3) is 2.69. The summed E-state index contributed by atoms with van der Waals surface area (Å²) in [4.78, 5) is 4.41. The number of imidazole rings is 1. The predicted octanol–water partition coefficient (Wildman–Crippen LogP) is 5.21. The molecule has 4 nitrogen and oxygen atoms in total. The van der Waals surface area contributed by atoms with E-state index < -0.39 is 0 Å². The molecule has 1 aromatic carbocycles. The molecular weight excluding hydrogens is 330 g/mol. The topological polar surface area (TPSA) is 39.4 Å². The number of halogens is 1. The Balaban J connectivity index is 1.77. The van der Waals surface area contributed by atoms with Gasteiger partial charge >= 0.3 is 0 Å². The summed E-state index contributed by atoms with van der Waals surface area (Å²) in [5.74, 6) is 1.14. The number of nitrogens with zero attached hydrogens (tertiary/aromatic N) is 3. The lowest BCUT2D eigenvalue weighted by atomic mass is 10.2. The van der Waals surface area contributed by atoms with Crippen molar-refractivity contribution in [2.24, 2.45) is 0 Å². The highest BCUT2D eigenvalue weighted by Gasteiger charge is 2.11. The van der Waals surface area contributed by atoms with E-state index in [-0.39, 0.29) is 0 Å². The van der Waals surface area contributed by atoms with Gasteiger partial charge in [-0.25, -0.2) is 9.50 Å². The average Bonchev–Trinajstić information content (AvgIpc) is 3.13. The lowest BCUT2D eigenvalue weighted by molar-refractivity contribution is 0.453. The van der Waals surface area contributed by atoms with E-state index in [1.54, 1.807) is 34.1 Å². The highest BCUT2D eigenvalue weighted by molar-refractivity contribution is 7.08. The minimum absolute atomic E-state index is 0.492. The molecule has 3 heterocycles. The maximum atomic E-state index is 5.98. The molecule has 0 saturated heterocycles. The van der Waals surface area contributed by atoms with Crippen molar-refractivity contribution in [3.63, 3.8) is 0 Å². The highest BCUT2D eigenvalue weighted by Crippen LogP contribution is 2.28. The SMILES string of the molecule is Cc1cscc1-c1cnc2ccc(Oc3cccc(Cl)c3)nn12. The first kappa shape index (κ1) is 14.2. The molecule has 0 spiro atoms. The number of hydrogen-bond donors (Lipinski definition) is 0. The lowest BCUT2D eigenvalue weighted by Gasteiger charge is -2.06. The number of aromatic nitrogens is 3. The molecule has 0 amide bonds. The monoisotopic (exact) mass is 341 g/mol. The van der Waals surface area contributed by atoms with E-state index in [4.69, 9.17) is 16.3 Å². The Morgan fingerprint density at radius 2 is 2.09 bits per heavy atom. The van der Waals surface area contributed by atoms with Crippen molar-refractivity contribution in [2.75, 3.05) is 0 Å². The molecule has 0 atom stereocenters. The number of rotatable bonds is 3. The van der Waals surface area contributed by atoms with Gasteiger partial charge in [0.2, 0.25) is 5.88 Å². The van der Waals surface area contributed by atoms with E-state index in [1.165, 1.54) is 5.56 Å². The summed E-state index contributed by atoms with van der Waals surface area (Å²) in [5, 5.41) is 9.39. The van der Waals surface area contributed by atoms with Gasteiger partial charge in [0.1, 0.15) is 5.75 Å². The molecule has 0 saturated carbocycles. The van der Waals surface area contributed by atoms with Crippen LogP contribution < -0.4 is 4.74 Å². The van der Waals surface area contributed by atoms with Crippen molar-refractivity contribution in [1.82, 2.24) is 14.6 Å². The third-order valence-electron chi connectivity index (χ3n) is 3.49. The molecule has 0 fully saturated rings. The standard InChI is InChI=1S/C17H12ClN3OS/c1-11-9-23-10-14(11)15-8-19-16-5-6-17(20-21(15)16)22-13-4-2-3-12(18)7-13/h2-10H,1H3. The number of ether oxygens (including phenoxy) is 1. The van der Waals surface area contributed by atoms with Crippen LogP contribution in [0.25, 0.3) is 16.9 Å². The zero-order valence-corrected chi connectivity index (χ0v) is 13.8. The molecular formula is C17H12ClN3OS. The largest absolute Gasteiger partial charge is 0.438 e. The van der Waals surface area contributed by atoms with Crippen LogP contribution in [0.5, 0.6) is 11.6 Å². The van der Waals surface area contributed by atoms with Crippen LogP contribution in [0.4, 0.5) is 0 Å². The average molecular weight is 342 g/mol. The molecule has 6 heteroatoms. The fourth-order valence-corrected chi connectivity index (χ4v) is 3.39. The van der Waals surface area contributed by atoms with Crippen LogP contribution in [0.2, 0.25) is 5.02 Å². The van der Waals surface area contributed by atoms with E-state index >= 15 is 0 Å². The maximum Gasteiger partial charge on any atom is 0.237 e. The molecule has 23 heavy (non-hydrogen) atoms. The van der Waals surface area contributed by atoms with Gasteiger partial charge in [0.05, 0.1) is 11.9 Å². The first-order valence-electron chi connectivity index (χ1n) is 7.02. The molecule has 4 aromatic rings. The van der Waals surface area contributed by atoms with E-state index in [1.807, 2.05) is 24.4 Å². The Bertz CT molecular complexity index is 992.